The second-order valence-electron chi connectivity index (χ2n) is 3.53. The third-order valence-corrected chi connectivity index (χ3v) is 2.18. The lowest BCUT2D eigenvalue weighted by Gasteiger charge is -1.99. The van der Waals surface area contributed by atoms with E-state index in [0.717, 1.165) is 0 Å². The molecule has 0 unspecified atom stereocenters. The second-order valence-corrected chi connectivity index (χ2v) is 3.53. The summed E-state index contributed by atoms with van der Waals surface area (Å²) in [6.45, 7) is 0. The summed E-state index contributed by atoms with van der Waals surface area (Å²) in [5.74, 6) is 0.105. The van der Waals surface area contributed by atoms with E-state index in [9.17, 15) is 5.11 Å². The van der Waals surface area contributed by atoms with E-state index < -0.39 is 0 Å². The predicted octanol–water partition coefficient (Wildman–Crippen LogP) is 2.97. The van der Waals surface area contributed by atoms with Crippen LogP contribution in [0.2, 0.25) is 0 Å². The maximum absolute atomic E-state index is 9.19. The molecule has 0 saturated carbocycles. The van der Waals surface area contributed by atoms with Crippen LogP contribution in [0.5, 0.6) is 5.75 Å². The van der Waals surface area contributed by atoms with Crippen LogP contribution in [0, 0.1) is 0 Å². The Bertz CT molecular complexity index is 549. The summed E-state index contributed by atoms with van der Waals surface area (Å²) in [5.41, 5.74) is 13.5. The van der Waals surface area contributed by atoms with Gasteiger partial charge in [-0.25, -0.2) is 0 Å². The first-order valence-corrected chi connectivity index (χ1v) is 5.01. The Morgan fingerprint density at radius 1 is 0.882 bits per heavy atom. The first kappa shape index (κ1) is 10.9. The Labute approximate surface area is 98.4 Å². The van der Waals surface area contributed by atoms with E-state index in [0.29, 0.717) is 22.7 Å². The molecule has 86 valence electrons. The minimum atomic E-state index is 0.105. The van der Waals surface area contributed by atoms with Crippen LogP contribution in [0.4, 0.5) is 22.7 Å². The Balaban J connectivity index is 2.23. The van der Waals surface area contributed by atoms with Gasteiger partial charge in [0.05, 0.1) is 11.4 Å². The molecule has 2 aromatic carbocycles. The van der Waals surface area contributed by atoms with Crippen molar-refractivity contribution in [1.29, 1.82) is 0 Å². The molecule has 5 N–H and O–H groups in total. The Kier molecular flexibility index (Phi) is 2.91. The zero-order valence-electron chi connectivity index (χ0n) is 9.04. The number of benzene rings is 2. The fourth-order valence-corrected chi connectivity index (χ4v) is 1.29. The highest BCUT2D eigenvalue weighted by Gasteiger charge is 1.98. The summed E-state index contributed by atoms with van der Waals surface area (Å²) in [6.07, 6.45) is 0. The Hall–Kier alpha value is -2.56. The van der Waals surface area contributed by atoms with Gasteiger partial charge in [-0.15, -0.1) is 5.11 Å². The molecule has 2 aromatic rings. The minimum Gasteiger partial charge on any atom is -0.508 e. The summed E-state index contributed by atoms with van der Waals surface area (Å²) in [7, 11) is 0. The van der Waals surface area contributed by atoms with E-state index in [-0.39, 0.29) is 5.75 Å². The maximum Gasteiger partial charge on any atom is 0.117 e. The van der Waals surface area contributed by atoms with Crippen LogP contribution in [0.1, 0.15) is 0 Å². The fourth-order valence-electron chi connectivity index (χ4n) is 1.29. The quantitative estimate of drug-likeness (QED) is 0.544. The molecule has 0 saturated heterocycles. The monoisotopic (exact) mass is 228 g/mol. The zero-order valence-corrected chi connectivity index (χ0v) is 9.04. The van der Waals surface area contributed by atoms with E-state index >= 15 is 0 Å². The van der Waals surface area contributed by atoms with Gasteiger partial charge >= 0.3 is 0 Å². The molecule has 0 radical (unpaired) electrons. The highest BCUT2D eigenvalue weighted by molar-refractivity contribution is 5.64. The van der Waals surface area contributed by atoms with Crippen molar-refractivity contribution in [2.24, 2.45) is 10.2 Å². The number of aromatic hydroxyl groups is 1. The van der Waals surface area contributed by atoms with Crippen LogP contribution in [-0.2, 0) is 0 Å². The van der Waals surface area contributed by atoms with Gasteiger partial charge in [-0.05, 0) is 36.4 Å². The zero-order chi connectivity index (χ0) is 12.3. The van der Waals surface area contributed by atoms with Crippen molar-refractivity contribution in [3.63, 3.8) is 0 Å². The lowest BCUT2D eigenvalue weighted by molar-refractivity contribution is 0.475. The van der Waals surface area contributed by atoms with Crippen LogP contribution in [-0.4, -0.2) is 5.11 Å². The second kappa shape index (κ2) is 4.52. The van der Waals surface area contributed by atoms with Gasteiger partial charge in [-0.2, -0.15) is 5.11 Å². The first-order chi connectivity index (χ1) is 8.15. The third-order valence-electron chi connectivity index (χ3n) is 2.18. The van der Waals surface area contributed by atoms with Gasteiger partial charge in [-0.1, -0.05) is 0 Å². The van der Waals surface area contributed by atoms with Gasteiger partial charge in [0.2, 0.25) is 0 Å². The summed E-state index contributed by atoms with van der Waals surface area (Å²) < 4.78 is 0. The maximum atomic E-state index is 9.19. The molecule has 17 heavy (non-hydrogen) atoms. The summed E-state index contributed by atoms with van der Waals surface area (Å²) in [4.78, 5) is 0. The van der Waals surface area contributed by atoms with Crippen LogP contribution in [0.25, 0.3) is 0 Å². The van der Waals surface area contributed by atoms with E-state index in [1.165, 1.54) is 12.1 Å². The predicted molar refractivity (Wildman–Crippen MR) is 67.5 cm³/mol. The molecular formula is C12H12N4O. The van der Waals surface area contributed by atoms with E-state index in [1.807, 2.05) is 0 Å². The number of hydrogen-bond donors (Lipinski definition) is 3. The molecule has 0 amide bonds. The number of nitrogen functional groups attached to an aromatic ring is 2. The van der Waals surface area contributed by atoms with Crippen molar-refractivity contribution in [3.05, 3.63) is 42.5 Å². The van der Waals surface area contributed by atoms with Gasteiger partial charge in [0.1, 0.15) is 11.4 Å². The van der Waals surface area contributed by atoms with Crippen LogP contribution in [0.3, 0.4) is 0 Å². The minimum absolute atomic E-state index is 0.105. The van der Waals surface area contributed by atoms with Crippen molar-refractivity contribution in [2.75, 3.05) is 11.5 Å². The van der Waals surface area contributed by atoms with Gasteiger partial charge in [0.25, 0.3) is 0 Å². The summed E-state index contributed by atoms with van der Waals surface area (Å²) in [6, 6.07) is 11.5. The Morgan fingerprint density at radius 2 is 1.59 bits per heavy atom. The molecule has 0 aliphatic carbocycles. The molecular weight excluding hydrogens is 216 g/mol. The third kappa shape index (κ3) is 2.72. The molecule has 0 heterocycles. The van der Waals surface area contributed by atoms with Gasteiger partial charge in [0, 0.05) is 11.8 Å². The highest BCUT2D eigenvalue weighted by atomic mass is 16.3. The Morgan fingerprint density at radius 3 is 2.24 bits per heavy atom. The SMILES string of the molecule is Nc1ccc(N=Nc2ccc(O)cc2N)cc1. The van der Waals surface area contributed by atoms with E-state index in [1.54, 1.807) is 30.3 Å². The summed E-state index contributed by atoms with van der Waals surface area (Å²) in [5, 5.41) is 17.2. The molecule has 2 rings (SSSR count). The van der Waals surface area contributed by atoms with Crippen molar-refractivity contribution in [3.8, 4) is 5.75 Å². The number of rotatable bonds is 2. The van der Waals surface area contributed by atoms with Gasteiger partial charge in [-0.3, -0.25) is 0 Å². The van der Waals surface area contributed by atoms with Gasteiger partial charge < -0.3 is 16.6 Å². The molecule has 0 aliphatic heterocycles. The number of azo groups is 1. The van der Waals surface area contributed by atoms with Crippen LogP contribution < -0.4 is 11.5 Å². The van der Waals surface area contributed by atoms with E-state index in [2.05, 4.69) is 10.2 Å². The number of nitrogens with zero attached hydrogens (tertiary/aromatic N) is 2. The van der Waals surface area contributed by atoms with Crippen molar-refractivity contribution >= 4 is 22.7 Å². The largest absolute Gasteiger partial charge is 0.508 e. The number of hydrogen-bond acceptors (Lipinski definition) is 5. The van der Waals surface area contributed by atoms with Crippen molar-refractivity contribution in [1.82, 2.24) is 0 Å². The average molecular weight is 228 g/mol. The normalized spacial score (nSPS) is 10.8. The lowest BCUT2D eigenvalue weighted by Crippen LogP contribution is -1.84. The molecule has 0 aromatic heterocycles. The first-order valence-electron chi connectivity index (χ1n) is 5.01. The highest BCUT2D eigenvalue weighted by Crippen LogP contribution is 2.27. The molecule has 0 spiro atoms. The van der Waals surface area contributed by atoms with E-state index in [4.69, 9.17) is 11.5 Å². The molecule has 0 aliphatic rings. The fraction of sp³-hybridized carbons (Fsp3) is 0. The van der Waals surface area contributed by atoms with Crippen LogP contribution >= 0.6 is 0 Å². The number of nitrogens with two attached hydrogens (primary N) is 2. The molecule has 0 bridgehead atoms. The average Bonchev–Trinajstić information content (AvgIpc) is 2.30. The standard InChI is InChI=1S/C12H12N4O/c13-8-1-3-9(4-2-8)15-16-12-6-5-10(17)7-11(12)14/h1-7,17H,13-14H2. The number of anilines is 2. The molecule has 0 fully saturated rings. The number of phenols is 1. The van der Waals surface area contributed by atoms with Crippen molar-refractivity contribution in [2.45, 2.75) is 0 Å². The van der Waals surface area contributed by atoms with Gasteiger partial charge in [0.15, 0.2) is 0 Å². The van der Waals surface area contributed by atoms with Crippen LogP contribution in [0.15, 0.2) is 52.7 Å². The topological polar surface area (TPSA) is 97.0 Å². The summed E-state index contributed by atoms with van der Waals surface area (Å²) >= 11 is 0. The lowest BCUT2D eigenvalue weighted by atomic mass is 10.2. The molecule has 5 heteroatoms. The molecule has 5 nitrogen and oxygen atoms in total. The number of phenolic OH excluding ortho intramolecular Hbond substituents is 1. The van der Waals surface area contributed by atoms with Crippen molar-refractivity contribution < 1.29 is 5.11 Å². The molecule has 0 atom stereocenters. The smallest absolute Gasteiger partial charge is 0.117 e.